The standard InChI is InChI=1S/C13H8O4/c14-8-1-2-10-7(3-8)6-17-12-5-9(15)4-11(16)13(10)12/h1-6,14,16H. The molecule has 0 fully saturated rings. The average molecular weight is 228 g/mol. The molecule has 0 aromatic heterocycles. The summed E-state index contributed by atoms with van der Waals surface area (Å²) in [6, 6.07) is 7.19. The van der Waals surface area contributed by atoms with Gasteiger partial charge < -0.3 is 14.6 Å². The maximum atomic E-state index is 11.2. The minimum atomic E-state index is -0.308. The molecule has 17 heavy (non-hydrogen) atoms. The molecule has 1 aromatic carbocycles. The molecule has 1 aromatic rings. The zero-order valence-corrected chi connectivity index (χ0v) is 8.68. The lowest BCUT2D eigenvalue weighted by atomic mass is 10.0. The van der Waals surface area contributed by atoms with Gasteiger partial charge in [-0.05, 0) is 23.6 Å². The van der Waals surface area contributed by atoms with E-state index in [9.17, 15) is 15.0 Å². The Morgan fingerprint density at radius 1 is 1.06 bits per heavy atom. The Balaban J connectivity index is 2.55. The first-order valence-electron chi connectivity index (χ1n) is 5.02. The lowest BCUT2D eigenvalue weighted by Crippen LogP contribution is -1.98. The quantitative estimate of drug-likeness (QED) is 0.579. The zero-order chi connectivity index (χ0) is 12.0. The fourth-order valence-corrected chi connectivity index (χ4v) is 1.94. The predicted octanol–water partition coefficient (Wildman–Crippen LogP) is 2.31. The Labute approximate surface area is 95.7 Å². The van der Waals surface area contributed by atoms with E-state index in [4.69, 9.17) is 4.42 Å². The van der Waals surface area contributed by atoms with Crippen molar-refractivity contribution < 1.29 is 14.6 Å². The van der Waals surface area contributed by atoms with Crippen LogP contribution in [0.3, 0.4) is 0 Å². The van der Waals surface area contributed by atoms with Gasteiger partial charge in [-0.2, -0.15) is 0 Å². The molecule has 0 saturated carbocycles. The molecule has 0 bridgehead atoms. The fourth-order valence-electron chi connectivity index (χ4n) is 1.94. The van der Waals surface area contributed by atoms with Crippen LogP contribution < -0.4 is 5.43 Å². The van der Waals surface area contributed by atoms with Crippen molar-refractivity contribution in [3.8, 4) is 22.8 Å². The molecule has 1 heterocycles. The van der Waals surface area contributed by atoms with Crippen molar-refractivity contribution >= 4 is 10.8 Å². The molecule has 2 N–H and O–H groups in total. The summed E-state index contributed by atoms with van der Waals surface area (Å²) in [5.74, 6) is 0.327. The number of benzene rings is 2. The molecular formula is C13H8O4. The first kappa shape index (κ1) is 9.72. The second kappa shape index (κ2) is 3.25. The van der Waals surface area contributed by atoms with Crippen molar-refractivity contribution in [3.05, 3.63) is 46.8 Å². The molecule has 4 heteroatoms. The van der Waals surface area contributed by atoms with Crippen LogP contribution in [0.1, 0.15) is 0 Å². The first-order valence-corrected chi connectivity index (χ1v) is 5.02. The van der Waals surface area contributed by atoms with Crippen LogP contribution in [-0.4, -0.2) is 10.2 Å². The minimum absolute atomic E-state index is 0.118. The lowest BCUT2D eigenvalue weighted by Gasteiger charge is -2.09. The molecule has 0 amide bonds. The van der Waals surface area contributed by atoms with Gasteiger partial charge in [0.1, 0.15) is 17.3 Å². The third-order valence-electron chi connectivity index (χ3n) is 2.67. The topological polar surface area (TPSA) is 70.7 Å². The highest BCUT2D eigenvalue weighted by molar-refractivity contribution is 5.98. The largest absolute Gasteiger partial charge is 0.508 e. The second-order valence-corrected chi connectivity index (χ2v) is 3.82. The predicted molar refractivity (Wildman–Crippen MR) is 62.4 cm³/mol. The number of fused-ring (bicyclic) bond motifs is 3. The van der Waals surface area contributed by atoms with Gasteiger partial charge in [0.2, 0.25) is 0 Å². The number of aromatic hydroxyl groups is 2. The maximum absolute atomic E-state index is 11.2. The Hall–Kier alpha value is -2.49. The smallest absolute Gasteiger partial charge is 0.186 e. The SMILES string of the molecule is O=c1cc2occ3cc(O)ccc3c-2c(O)c1. The molecule has 1 aliphatic heterocycles. The molecule has 0 saturated heterocycles. The summed E-state index contributed by atoms with van der Waals surface area (Å²) in [4.78, 5) is 11.2. The summed E-state index contributed by atoms with van der Waals surface area (Å²) in [5.41, 5.74) is 0.166. The van der Waals surface area contributed by atoms with E-state index in [-0.39, 0.29) is 16.9 Å². The van der Waals surface area contributed by atoms with Gasteiger partial charge in [-0.15, -0.1) is 0 Å². The van der Waals surface area contributed by atoms with Crippen LogP contribution in [0.4, 0.5) is 0 Å². The van der Waals surface area contributed by atoms with E-state index in [1.165, 1.54) is 24.5 Å². The Bertz CT molecular complexity index is 742. The van der Waals surface area contributed by atoms with E-state index in [1.54, 1.807) is 6.07 Å². The van der Waals surface area contributed by atoms with Crippen LogP contribution in [0.15, 0.2) is 45.8 Å². The Morgan fingerprint density at radius 3 is 2.71 bits per heavy atom. The average Bonchev–Trinajstić information content (AvgIpc) is 2.28. The normalized spacial score (nSPS) is 11.1. The van der Waals surface area contributed by atoms with Crippen molar-refractivity contribution in [2.45, 2.75) is 0 Å². The Morgan fingerprint density at radius 2 is 1.88 bits per heavy atom. The van der Waals surface area contributed by atoms with Crippen LogP contribution in [0.5, 0.6) is 11.5 Å². The van der Waals surface area contributed by atoms with Crippen LogP contribution >= 0.6 is 0 Å². The van der Waals surface area contributed by atoms with Gasteiger partial charge in [-0.1, -0.05) is 0 Å². The van der Waals surface area contributed by atoms with Gasteiger partial charge >= 0.3 is 0 Å². The maximum Gasteiger partial charge on any atom is 0.186 e. The Kier molecular flexibility index (Phi) is 1.86. The van der Waals surface area contributed by atoms with E-state index in [0.29, 0.717) is 16.7 Å². The molecular weight excluding hydrogens is 220 g/mol. The van der Waals surface area contributed by atoms with Gasteiger partial charge in [0.25, 0.3) is 0 Å². The zero-order valence-electron chi connectivity index (χ0n) is 8.68. The molecule has 0 atom stereocenters. The highest BCUT2D eigenvalue weighted by atomic mass is 16.3. The molecule has 0 unspecified atom stereocenters. The van der Waals surface area contributed by atoms with E-state index < -0.39 is 0 Å². The lowest BCUT2D eigenvalue weighted by molar-refractivity contribution is 0.470. The summed E-state index contributed by atoms with van der Waals surface area (Å²) >= 11 is 0. The third kappa shape index (κ3) is 1.42. The molecule has 0 radical (unpaired) electrons. The van der Waals surface area contributed by atoms with E-state index >= 15 is 0 Å². The summed E-state index contributed by atoms with van der Waals surface area (Å²) in [5, 5.41) is 20.5. The minimum Gasteiger partial charge on any atom is -0.508 e. The second-order valence-electron chi connectivity index (χ2n) is 3.82. The molecule has 3 rings (SSSR count). The monoisotopic (exact) mass is 228 g/mol. The van der Waals surface area contributed by atoms with Crippen molar-refractivity contribution in [2.24, 2.45) is 0 Å². The highest BCUT2D eigenvalue weighted by Gasteiger charge is 2.15. The van der Waals surface area contributed by atoms with Crippen LogP contribution in [0.25, 0.3) is 22.1 Å². The number of rotatable bonds is 0. The van der Waals surface area contributed by atoms with E-state index in [0.717, 1.165) is 11.5 Å². The summed E-state index contributed by atoms with van der Waals surface area (Å²) in [7, 11) is 0. The number of hydrogen-bond acceptors (Lipinski definition) is 4. The van der Waals surface area contributed by atoms with Crippen LogP contribution in [0.2, 0.25) is 0 Å². The number of phenols is 2. The van der Waals surface area contributed by atoms with Gasteiger partial charge in [-0.25, -0.2) is 0 Å². The van der Waals surface area contributed by atoms with Gasteiger partial charge in [0.15, 0.2) is 5.43 Å². The van der Waals surface area contributed by atoms with E-state index in [1.807, 2.05) is 0 Å². The molecule has 84 valence electrons. The highest BCUT2D eigenvalue weighted by Crippen LogP contribution is 2.37. The number of phenolic OH excluding ortho intramolecular Hbond substituents is 2. The fraction of sp³-hybridized carbons (Fsp3) is 0. The molecule has 4 nitrogen and oxygen atoms in total. The third-order valence-corrected chi connectivity index (χ3v) is 2.67. The van der Waals surface area contributed by atoms with Crippen molar-refractivity contribution in [1.29, 1.82) is 0 Å². The van der Waals surface area contributed by atoms with Gasteiger partial charge in [0.05, 0.1) is 11.8 Å². The van der Waals surface area contributed by atoms with Crippen LogP contribution in [0, 0.1) is 0 Å². The van der Waals surface area contributed by atoms with Gasteiger partial charge in [0, 0.05) is 17.5 Å². The molecule has 1 aliphatic carbocycles. The van der Waals surface area contributed by atoms with E-state index in [2.05, 4.69) is 0 Å². The van der Waals surface area contributed by atoms with Crippen molar-refractivity contribution in [2.75, 3.05) is 0 Å². The first-order chi connectivity index (χ1) is 8.15. The summed E-state index contributed by atoms with van der Waals surface area (Å²) < 4.78 is 5.27. The van der Waals surface area contributed by atoms with Gasteiger partial charge in [-0.3, -0.25) is 4.79 Å². The summed E-state index contributed by atoms with van der Waals surface area (Å²) in [6.45, 7) is 0. The molecule has 0 spiro atoms. The molecule has 2 aliphatic rings. The van der Waals surface area contributed by atoms with Crippen molar-refractivity contribution in [1.82, 2.24) is 0 Å². The van der Waals surface area contributed by atoms with Crippen LogP contribution in [-0.2, 0) is 0 Å². The van der Waals surface area contributed by atoms with Crippen molar-refractivity contribution in [3.63, 3.8) is 0 Å². The number of hydrogen-bond donors (Lipinski definition) is 2. The summed E-state index contributed by atoms with van der Waals surface area (Å²) in [6.07, 6.45) is 1.44.